The van der Waals surface area contributed by atoms with Crippen LogP contribution in [-0.4, -0.2) is 32.0 Å². The van der Waals surface area contributed by atoms with Gasteiger partial charge in [0.25, 0.3) is 0 Å². The average molecular weight is 320 g/mol. The number of hydrogen-bond donors (Lipinski definition) is 2. The Labute approximate surface area is 138 Å². The van der Waals surface area contributed by atoms with E-state index in [9.17, 15) is 9.59 Å². The van der Waals surface area contributed by atoms with Gasteiger partial charge >= 0.3 is 0 Å². The lowest BCUT2D eigenvalue weighted by Crippen LogP contribution is -2.33. The maximum atomic E-state index is 12.5. The third-order valence-electron chi connectivity index (χ3n) is 3.70. The van der Waals surface area contributed by atoms with E-state index >= 15 is 0 Å². The van der Waals surface area contributed by atoms with Gasteiger partial charge in [0.05, 0.1) is 13.0 Å². The number of ether oxygens (including phenoxy) is 1. The van der Waals surface area contributed by atoms with E-state index < -0.39 is 0 Å². The molecule has 0 spiro atoms. The zero-order valence-electron chi connectivity index (χ0n) is 14.5. The van der Waals surface area contributed by atoms with Gasteiger partial charge in [0.15, 0.2) is 0 Å². The van der Waals surface area contributed by atoms with Crippen LogP contribution in [0.2, 0.25) is 0 Å². The van der Waals surface area contributed by atoms with Gasteiger partial charge in [0.2, 0.25) is 11.8 Å². The maximum Gasteiger partial charge on any atom is 0.227 e. The summed E-state index contributed by atoms with van der Waals surface area (Å²) in [6.07, 6.45) is 1.70. The molecule has 5 heteroatoms. The Morgan fingerprint density at radius 1 is 1.04 bits per heavy atom. The van der Waals surface area contributed by atoms with Gasteiger partial charge in [-0.3, -0.25) is 9.59 Å². The van der Waals surface area contributed by atoms with Crippen LogP contribution in [0.25, 0.3) is 0 Å². The molecule has 0 aromatic heterocycles. The van der Waals surface area contributed by atoms with E-state index in [4.69, 9.17) is 4.74 Å². The molecular weight excluding hydrogens is 292 g/mol. The van der Waals surface area contributed by atoms with Crippen molar-refractivity contribution in [2.45, 2.75) is 39.5 Å². The Hall–Kier alpha value is -2.04. The number of carbonyl (C=O) groups is 2. The summed E-state index contributed by atoms with van der Waals surface area (Å²) >= 11 is 0. The predicted molar refractivity (Wildman–Crippen MR) is 91.5 cm³/mol. The van der Waals surface area contributed by atoms with Crippen LogP contribution in [0.4, 0.5) is 0 Å². The van der Waals surface area contributed by atoms with Crippen molar-refractivity contribution in [1.82, 2.24) is 10.6 Å². The van der Waals surface area contributed by atoms with Crippen molar-refractivity contribution in [3.05, 3.63) is 29.8 Å². The van der Waals surface area contributed by atoms with E-state index in [1.807, 2.05) is 38.1 Å². The molecule has 23 heavy (non-hydrogen) atoms. The summed E-state index contributed by atoms with van der Waals surface area (Å²) < 4.78 is 5.16. The molecule has 2 amide bonds. The lowest BCUT2D eigenvalue weighted by molar-refractivity contribution is -0.123. The standard InChI is InChI=1S/C18H28N2O3/c1-13(2)17(15-7-9-16(23-4)10-8-15)18(22)20-12-6-5-11-19-14(3)21/h7-10,13,17H,5-6,11-12H2,1-4H3,(H,19,21)(H,20,22). The quantitative estimate of drug-likeness (QED) is 0.687. The van der Waals surface area contributed by atoms with Crippen molar-refractivity contribution >= 4 is 11.8 Å². The molecule has 0 aliphatic carbocycles. The van der Waals surface area contributed by atoms with E-state index in [1.54, 1.807) is 7.11 Å². The second kappa shape index (κ2) is 9.87. The fourth-order valence-corrected chi connectivity index (χ4v) is 2.49. The van der Waals surface area contributed by atoms with Gasteiger partial charge in [-0.15, -0.1) is 0 Å². The highest BCUT2D eigenvalue weighted by atomic mass is 16.5. The van der Waals surface area contributed by atoms with E-state index in [-0.39, 0.29) is 23.7 Å². The molecule has 0 bridgehead atoms. The molecule has 5 nitrogen and oxygen atoms in total. The van der Waals surface area contributed by atoms with Crippen LogP contribution in [0.15, 0.2) is 24.3 Å². The van der Waals surface area contributed by atoms with Crippen molar-refractivity contribution in [2.24, 2.45) is 5.92 Å². The van der Waals surface area contributed by atoms with Crippen molar-refractivity contribution < 1.29 is 14.3 Å². The SMILES string of the molecule is COc1ccc(C(C(=O)NCCCCNC(C)=O)C(C)C)cc1. The summed E-state index contributed by atoms with van der Waals surface area (Å²) in [6.45, 7) is 6.87. The topological polar surface area (TPSA) is 67.4 Å². The van der Waals surface area contributed by atoms with Crippen LogP contribution in [0.5, 0.6) is 5.75 Å². The highest BCUT2D eigenvalue weighted by Gasteiger charge is 2.23. The molecule has 128 valence electrons. The highest BCUT2D eigenvalue weighted by molar-refractivity contribution is 5.83. The molecule has 0 radical (unpaired) electrons. The van der Waals surface area contributed by atoms with Gasteiger partial charge < -0.3 is 15.4 Å². The number of hydrogen-bond acceptors (Lipinski definition) is 3. The molecule has 1 atom stereocenters. The Kier molecular flexibility index (Phi) is 8.16. The number of unbranched alkanes of at least 4 members (excludes halogenated alkanes) is 1. The molecule has 2 N–H and O–H groups in total. The van der Waals surface area contributed by atoms with Crippen LogP contribution in [0.3, 0.4) is 0 Å². The first-order valence-corrected chi connectivity index (χ1v) is 8.11. The van der Waals surface area contributed by atoms with Gasteiger partial charge in [0, 0.05) is 20.0 Å². The normalized spacial score (nSPS) is 11.9. The van der Waals surface area contributed by atoms with Crippen LogP contribution < -0.4 is 15.4 Å². The van der Waals surface area contributed by atoms with Crippen molar-refractivity contribution in [3.8, 4) is 5.75 Å². The zero-order valence-corrected chi connectivity index (χ0v) is 14.5. The number of carbonyl (C=O) groups excluding carboxylic acids is 2. The first kappa shape index (κ1) is 19.0. The predicted octanol–water partition coefficient (Wildman–Crippen LogP) is 2.47. The van der Waals surface area contributed by atoms with E-state index in [0.29, 0.717) is 13.1 Å². The van der Waals surface area contributed by atoms with Gasteiger partial charge in [-0.1, -0.05) is 26.0 Å². The second-order valence-electron chi connectivity index (χ2n) is 5.98. The fourth-order valence-electron chi connectivity index (χ4n) is 2.49. The third kappa shape index (κ3) is 6.72. The summed E-state index contributed by atoms with van der Waals surface area (Å²) in [5.41, 5.74) is 0.997. The minimum atomic E-state index is -0.170. The first-order valence-electron chi connectivity index (χ1n) is 8.11. The van der Waals surface area contributed by atoms with Gasteiger partial charge in [-0.05, 0) is 36.5 Å². The molecular formula is C18H28N2O3. The number of amides is 2. The number of rotatable bonds is 9. The van der Waals surface area contributed by atoms with Crippen LogP contribution in [-0.2, 0) is 9.59 Å². The summed E-state index contributed by atoms with van der Waals surface area (Å²) in [5, 5.41) is 5.74. The molecule has 1 aromatic rings. The minimum absolute atomic E-state index is 0.0200. The second-order valence-corrected chi connectivity index (χ2v) is 5.98. The Bertz CT molecular complexity index is 497. The van der Waals surface area contributed by atoms with Gasteiger partial charge in [-0.2, -0.15) is 0 Å². The largest absolute Gasteiger partial charge is 0.497 e. The molecule has 0 heterocycles. The van der Waals surface area contributed by atoms with Crippen LogP contribution in [0.1, 0.15) is 45.1 Å². The van der Waals surface area contributed by atoms with Crippen LogP contribution in [0, 0.1) is 5.92 Å². The molecule has 1 rings (SSSR count). The number of nitrogens with one attached hydrogen (secondary N) is 2. The Balaban J connectivity index is 2.49. The van der Waals surface area contributed by atoms with E-state index in [0.717, 1.165) is 24.2 Å². The number of methoxy groups -OCH3 is 1. The average Bonchev–Trinajstić information content (AvgIpc) is 2.51. The lowest BCUT2D eigenvalue weighted by atomic mass is 9.87. The molecule has 0 fully saturated rings. The van der Waals surface area contributed by atoms with Gasteiger partial charge in [0.1, 0.15) is 5.75 Å². The minimum Gasteiger partial charge on any atom is -0.497 e. The summed E-state index contributed by atoms with van der Waals surface area (Å²) in [4.78, 5) is 23.2. The zero-order chi connectivity index (χ0) is 17.2. The fraction of sp³-hybridized carbons (Fsp3) is 0.556. The van der Waals surface area contributed by atoms with Crippen molar-refractivity contribution in [3.63, 3.8) is 0 Å². The molecule has 0 saturated heterocycles. The van der Waals surface area contributed by atoms with Gasteiger partial charge in [-0.25, -0.2) is 0 Å². The molecule has 0 saturated carbocycles. The molecule has 1 unspecified atom stereocenters. The molecule has 0 aliphatic rings. The van der Waals surface area contributed by atoms with E-state index in [2.05, 4.69) is 10.6 Å². The molecule has 1 aromatic carbocycles. The smallest absolute Gasteiger partial charge is 0.227 e. The molecule has 0 aliphatic heterocycles. The van der Waals surface area contributed by atoms with Crippen molar-refractivity contribution in [2.75, 3.05) is 20.2 Å². The highest BCUT2D eigenvalue weighted by Crippen LogP contribution is 2.26. The summed E-state index contributed by atoms with van der Waals surface area (Å²) in [7, 11) is 1.63. The monoisotopic (exact) mass is 320 g/mol. The van der Waals surface area contributed by atoms with Crippen molar-refractivity contribution in [1.29, 1.82) is 0 Å². The van der Waals surface area contributed by atoms with E-state index in [1.165, 1.54) is 6.92 Å². The Morgan fingerprint density at radius 3 is 2.09 bits per heavy atom. The summed E-state index contributed by atoms with van der Waals surface area (Å²) in [6, 6.07) is 7.65. The maximum absolute atomic E-state index is 12.5. The lowest BCUT2D eigenvalue weighted by Gasteiger charge is -2.21. The van der Waals surface area contributed by atoms with Crippen LogP contribution >= 0.6 is 0 Å². The Morgan fingerprint density at radius 2 is 1.61 bits per heavy atom. The third-order valence-corrected chi connectivity index (χ3v) is 3.70. The number of benzene rings is 1. The first-order chi connectivity index (χ1) is 11.0. The summed E-state index contributed by atoms with van der Waals surface area (Å²) in [5.74, 6) is 0.853.